The zero-order chi connectivity index (χ0) is 14.6. The Hall–Kier alpha value is -1.79. The summed E-state index contributed by atoms with van der Waals surface area (Å²) in [7, 11) is 1.64. The summed E-state index contributed by atoms with van der Waals surface area (Å²) < 4.78 is 0. The smallest absolute Gasteiger partial charge is 0.241 e. The van der Waals surface area contributed by atoms with Gasteiger partial charge in [-0.15, -0.1) is 0 Å². The number of amides is 2. The first-order chi connectivity index (χ1) is 8.81. The lowest BCUT2D eigenvalue weighted by Gasteiger charge is -2.22. The molecule has 2 amide bonds. The summed E-state index contributed by atoms with van der Waals surface area (Å²) in [5, 5.41) is 3.03. The highest BCUT2D eigenvalue weighted by atomic mass is 35.5. The number of carbonyl (C=O) groups is 2. The predicted octanol–water partition coefficient (Wildman–Crippen LogP) is 0.666. The van der Waals surface area contributed by atoms with E-state index in [2.05, 4.69) is 5.32 Å². The lowest BCUT2D eigenvalue weighted by atomic mass is 10.2. The van der Waals surface area contributed by atoms with Gasteiger partial charge in [0.1, 0.15) is 0 Å². The zero-order valence-electron chi connectivity index (χ0n) is 10.8. The fourth-order valence-corrected chi connectivity index (χ4v) is 1.69. The first kappa shape index (κ1) is 15.3. The van der Waals surface area contributed by atoms with E-state index >= 15 is 0 Å². The van der Waals surface area contributed by atoms with Gasteiger partial charge in [-0.05, 0) is 32.2 Å². The Morgan fingerprint density at radius 3 is 2.63 bits per heavy atom. The number of nitrogens with zero attached hydrogens (tertiary/aromatic N) is 1. The van der Waals surface area contributed by atoms with E-state index in [0.29, 0.717) is 16.4 Å². The fourth-order valence-electron chi connectivity index (χ4n) is 1.45. The number of nitrogen functional groups attached to an aromatic ring is 1. The number of benzene rings is 1. The van der Waals surface area contributed by atoms with E-state index < -0.39 is 11.9 Å². The molecule has 1 aromatic rings. The zero-order valence-corrected chi connectivity index (χ0v) is 11.6. The number of hydrogen-bond acceptors (Lipinski definition) is 4. The fraction of sp³-hybridized carbons (Fsp3) is 0.333. The number of carbonyl (C=O) groups excluding carboxylic acids is 2. The SMILES string of the molecule is CC(C(=O)Nc1ccc(N)cc1Cl)N(C)CC(N)=O. The minimum Gasteiger partial charge on any atom is -0.399 e. The average molecular weight is 285 g/mol. The minimum absolute atomic E-state index is 0.00402. The van der Waals surface area contributed by atoms with Crippen molar-refractivity contribution in [2.45, 2.75) is 13.0 Å². The van der Waals surface area contributed by atoms with Crippen molar-refractivity contribution in [1.29, 1.82) is 0 Å². The largest absolute Gasteiger partial charge is 0.399 e. The van der Waals surface area contributed by atoms with Gasteiger partial charge in [-0.2, -0.15) is 0 Å². The molecule has 0 aliphatic rings. The Bertz CT molecular complexity index is 493. The Kier molecular flexibility index (Phi) is 5.14. The van der Waals surface area contributed by atoms with E-state index in [9.17, 15) is 9.59 Å². The van der Waals surface area contributed by atoms with Crippen LogP contribution in [0.25, 0.3) is 0 Å². The molecule has 0 fully saturated rings. The van der Waals surface area contributed by atoms with Crippen molar-refractivity contribution in [2.75, 3.05) is 24.6 Å². The normalized spacial score (nSPS) is 12.2. The molecule has 1 aromatic carbocycles. The number of nitrogens with two attached hydrogens (primary N) is 2. The Morgan fingerprint density at radius 2 is 2.11 bits per heavy atom. The Labute approximate surface area is 116 Å². The van der Waals surface area contributed by atoms with Crippen molar-refractivity contribution in [2.24, 2.45) is 5.73 Å². The van der Waals surface area contributed by atoms with Gasteiger partial charge in [0, 0.05) is 5.69 Å². The highest BCUT2D eigenvalue weighted by Gasteiger charge is 2.19. The Balaban J connectivity index is 2.71. The van der Waals surface area contributed by atoms with Gasteiger partial charge in [0.15, 0.2) is 0 Å². The molecule has 6 nitrogen and oxygen atoms in total. The molecule has 5 N–H and O–H groups in total. The van der Waals surface area contributed by atoms with Gasteiger partial charge >= 0.3 is 0 Å². The van der Waals surface area contributed by atoms with Crippen molar-refractivity contribution >= 4 is 34.8 Å². The van der Waals surface area contributed by atoms with Crippen LogP contribution in [0.4, 0.5) is 11.4 Å². The molecule has 19 heavy (non-hydrogen) atoms. The lowest BCUT2D eigenvalue weighted by Crippen LogP contribution is -2.43. The van der Waals surface area contributed by atoms with Crippen LogP contribution in [-0.2, 0) is 9.59 Å². The van der Waals surface area contributed by atoms with E-state index in [4.69, 9.17) is 23.1 Å². The molecule has 0 heterocycles. The summed E-state index contributed by atoms with van der Waals surface area (Å²) in [6, 6.07) is 4.30. The van der Waals surface area contributed by atoms with Gasteiger partial charge in [-0.3, -0.25) is 14.5 Å². The highest BCUT2D eigenvalue weighted by Crippen LogP contribution is 2.24. The van der Waals surface area contributed by atoms with Crippen LogP contribution in [0.15, 0.2) is 18.2 Å². The van der Waals surface area contributed by atoms with E-state index in [1.807, 2.05) is 0 Å². The summed E-state index contributed by atoms with van der Waals surface area (Å²) in [5.74, 6) is -0.775. The van der Waals surface area contributed by atoms with Gasteiger partial charge < -0.3 is 16.8 Å². The van der Waals surface area contributed by atoms with Crippen LogP contribution in [0, 0.1) is 0 Å². The number of rotatable bonds is 5. The minimum atomic E-state index is -0.513. The van der Waals surface area contributed by atoms with E-state index in [1.165, 1.54) is 0 Å². The maximum absolute atomic E-state index is 12.0. The third-order valence-corrected chi connectivity index (χ3v) is 3.01. The van der Waals surface area contributed by atoms with Crippen molar-refractivity contribution in [3.8, 4) is 0 Å². The number of primary amides is 1. The molecular formula is C12H17ClN4O2. The van der Waals surface area contributed by atoms with Gasteiger partial charge in [0.25, 0.3) is 0 Å². The molecule has 0 radical (unpaired) electrons. The highest BCUT2D eigenvalue weighted by molar-refractivity contribution is 6.34. The molecule has 1 unspecified atom stereocenters. The van der Waals surface area contributed by atoms with Crippen LogP contribution in [0.1, 0.15) is 6.92 Å². The second-order valence-corrected chi connectivity index (χ2v) is 4.69. The second kappa shape index (κ2) is 6.40. The van der Waals surface area contributed by atoms with Crippen LogP contribution in [0.3, 0.4) is 0 Å². The van der Waals surface area contributed by atoms with Crippen LogP contribution >= 0.6 is 11.6 Å². The van der Waals surface area contributed by atoms with Crippen molar-refractivity contribution in [3.63, 3.8) is 0 Å². The predicted molar refractivity (Wildman–Crippen MR) is 75.8 cm³/mol. The molecular weight excluding hydrogens is 268 g/mol. The van der Waals surface area contributed by atoms with Crippen LogP contribution < -0.4 is 16.8 Å². The summed E-state index contributed by atoms with van der Waals surface area (Å²) >= 11 is 5.96. The molecule has 104 valence electrons. The first-order valence-corrected chi connectivity index (χ1v) is 6.03. The van der Waals surface area contributed by atoms with Crippen molar-refractivity contribution in [3.05, 3.63) is 23.2 Å². The van der Waals surface area contributed by atoms with E-state index in [-0.39, 0.29) is 12.5 Å². The molecule has 0 spiro atoms. The topological polar surface area (TPSA) is 101 Å². The molecule has 1 rings (SSSR count). The third-order valence-electron chi connectivity index (χ3n) is 2.70. The van der Waals surface area contributed by atoms with Crippen LogP contribution in [-0.4, -0.2) is 36.3 Å². The molecule has 0 saturated carbocycles. The van der Waals surface area contributed by atoms with Gasteiger partial charge in [0.05, 0.1) is 23.3 Å². The molecule has 0 aliphatic carbocycles. The summed E-state index contributed by atoms with van der Waals surface area (Å²) in [5.41, 5.74) is 11.6. The summed E-state index contributed by atoms with van der Waals surface area (Å²) in [4.78, 5) is 24.3. The third kappa shape index (κ3) is 4.42. The number of hydrogen-bond donors (Lipinski definition) is 3. The average Bonchev–Trinajstić information content (AvgIpc) is 2.30. The van der Waals surface area contributed by atoms with Crippen LogP contribution in [0.2, 0.25) is 5.02 Å². The number of likely N-dealkylation sites (N-methyl/N-ethyl adjacent to an activating group) is 1. The molecule has 0 aromatic heterocycles. The molecule has 0 saturated heterocycles. The number of anilines is 2. The van der Waals surface area contributed by atoms with Gasteiger partial charge in [0.2, 0.25) is 11.8 Å². The van der Waals surface area contributed by atoms with Crippen LogP contribution in [0.5, 0.6) is 0 Å². The summed E-state index contributed by atoms with van der Waals surface area (Å²) in [6.07, 6.45) is 0. The maximum atomic E-state index is 12.0. The number of nitrogens with one attached hydrogen (secondary N) is 1. The first-order valence-electron chi connectivity index (χ1n) is 5.65. The monoisotopic (exact) mass is 284 g/mol. The molecule has 0 bridgehead atoms. The number of halogens is 1. The molecule has 7 heteroatoms. The lowest BCUT2D eigenvalue weighted by molar-refractivity contribution is -0.123. The summed E-state index contributed by atoms with van der Waals surface area (Å²) in [6.45, 7) is 1.67. The van der Waals surface area contributed by atoms with E-state index in [0.717, 1.165) is 0 Å². The second-order valence-electron chi connectivity index (χ2n) is 4.29. The van der Waals surface area contributed by atoms with Crippen molar-refractivity contribution < 1.29 is 9.59 Å². The van der Waals surface area contributed by atoms with Gasteiger partial charge in [-0.25, -0.2) is 0 Å². The molecule has 0 aliphatic heterocycles. The maximum Gasteiger partial charge on any atom is 0.241 e. The quantitative estimate of drug-likeness (QED) is 0.692. The molecule has 1 atom stereocenters. The Morgan fingerprint density at radius 1 is 1.47 bits per heavy atom. The standard InChI is InChI=1S/C12H17ClN4O2/c1-7(17(2)6-11(15)18)12(19)16-10-4-3-8(14)5-9(10)13/h3-5,7H,6,14H2,1-2H3,(H2,15,18)(H,16,19). The van der Waals surface area contributed by atoms with E-state index in [1.54, 1.807) is 37.1 Å². The van der Waals surface area contributed by atoms with Crippen molar-refractivity contribution in [1.82, 2.24) is 4.90 Å². The van der Waals surface area contributed by atoms with Gasteiger partial charge in [-0.1, -0.05) is 11.6 Å².